The highest BCUT2D eigenvalue weighted by atomic mass is 32.1. The van der Waals surface area contributed by atoms with E-state index in [1.807, 2.05) is 19.4 Å². The Balaban J connectivity index is 1.86. The number of aromatic nitrogens is 1. The van der Waals surface area contributed by atoms with Gasteiger partial charge in [-0.05, 0) is 31.7 Å². The first-order chi connectivity index (χ1) is 10.5. The summed E-state index contributed by atoms with van der Waals surface area (Å²) in [5.74, 6) is 0.154. The summed E-state index contributed by atoms with van der Waals surface area (Å²) in [6, 6.07) is 6.58. The summed E-state index contributed by atoms with van der Waals surface area (Å²) in [5.41, 5.74) is 1.97. The number of ether oxygens (including phenoxy) is 1. The molecular weight excluding hydrogens is 310 g/mol. The standard InChI is InChI=1S/C15H18F2N2O2S/c1-11-10-22-15(20)19(11)8-7-18(2)9-12-3-5-13(6-4-12)21-14(16)17/h3-6,10,14H,7-9H2,1-2H3. The van der Waals surface area contributed by atoms with Crippen molar-refractivity contribution in [1.82, 2.24) is 9.47 Å². The number of benzene rings is 1. The highest BCUT2D eigenvalue weighted by Crippen LogP contribution is 2.15. The molecule has 0 radical (unpaired) electrons. The van der Waals surface area contributed by atoms with Crippen molar-refractivity contribution in [3.63, 3.8) is 0 Å². The number of hydrogen-bond acceptors (Lipinski definition) is 4. The highest BCUT2D eigenvalue weighted by Gasteiger charge is 2.07. The lowest BCUT2D eigenvalue weighted by molar-refractivity contribution is -0.0498. The minimum Gasteiger partial charge on any atom is -0.435 e. The van der Waals surface area contributed by atoms with Crippen LogP contribution in [0.4, 0.5) is 8.78 Å². The molecular formula is C15H18F2N2O2S. The van der Waals surface area contributed by atoms with E-state index >= 15 is 0 Å². The molecule has 0 aliphatic rings. The molecule has 1 aromatic heterocycles. The molecule has 0 saturated carbocycles. The molecule has 1 heterocycles. The maximum absolute atomic E-state index is 12.1. The lowest BCUT2D eigenvalue weighted by Gasteiger charge is -2.17. The molecule has 0 aliphatic carbocycles. The second-order valence-corrected chi connectivity index (χ2v) is 5.88. The van der Waals surface area contributed by atoms with E-state index < -0.39 is 6.61 Å². The molecule has 0 bridgehead atoms. The third kappa shape index (κ3) is 4.64. The molecule has 120 valence electrons. The Hall–Kier alpha value is -1.73. The summed E-state index contributed by atoms with van der Waals surface area (Å²) in [4.78, 5) is 13.8. The van der Waals surface area contributed by atoms with Gasteiger partial charge in [0.15, 0.2) is 0 Å². The monoisotopic (exact) mass is 328 g/mol. The normalized spacial score (nSPS) is 11.4. The highest BCUT2D eigenvalue weighted by molar-refractivity contribution is 7.07. The number of alkyl halides is 2. The average molecular weight is 328 g/mol. The van der Waals surface area contributed by atoms with E-state index in [1.54, 1.807) is 16.7 Å². The number of thiazole rings is 1. The van der Waals surface area contributed by atoms with Crippen molar-refractivity contribution in [3.05, 3.63) is 50.6 Å². The third-order valence-corrected chi connectivity index (χ3v) is 4.16. The van der Waals surface area contributed by atoms with Crippen molar-refractivity contribution in [3.8, 4) is 5.75 Å². The fraction of sp³-hybridized carbons (Fsp3) is 0.400. The molecule has 7 heteroatoms. The number of halogens is 2. The van der Waals surface area contributed by atoms with Crippen molar-refractivity contribution < 1.29 is 13.5 Å². The second kappa shape index (κ2) is 7.51. The van der Waals surface area contributed by atoms with E-state index in [1.165, 1.54) is 23.5 Å². The summed E-state index contributed by atoms with van der Waals surface area (Å²) in [7, 11) is 1.95. The third-order valence-electron chi connectivity index (χ3n) is 3.28. The van der Waals surface area contributed by atoms with Gasteiger partial charge >= 0.3 is 11.5 Å². The van der Waals surface area contributed by atoms with Gasteiger partial charge in [0.25, 0.3) is 0 Å². The van der Waals surface area contributed by atoms with Gasteiger partial charge in [0, 0.05) is 30.7 Å². The first-order valence-electron chi connectivity index (χ1n) is 6.83. The van der Waals surface area contributed by atoms with Gasteiger partial charge in [-0.25, -0.2) is 0 Å². The van der Waals surface area contributed by atoms with E-state index in [2.05, 4.69) is 9.64 Å². The van der Waals surface area contributed by atoms with Crippen LogP contribution in [-0.2, 0) is 13.1 Å². The average Bonchev–Trinajstić information content (AvgIpc) is 2.77. The van der Waals surface area contributed by atoms with Crippen LogP contribution in [0.1, 0.15) is 11.3 Å². The minimum atomic E-state index is -2.80. The zero-order chi connectivity index (χ0) is 16.1. The van der Waals surface area contributed by atoms with Crippen molar-refractivity contribution in [2.24, 2.45) is 0 Å². The first-order valence-corrected chi connectivity index (χ1v) is 7.71. The molecule has 0 N–H and O–H groups in total. The topological polar surface area (TPSA) is 34.5 Å². The van der Waals surface area contributed by atoms with Crippen molar-refractivity contribution in [2.75, 3.05) is 13.6 Å². The number of hydrogen-bond donors (Lipinski definition) is 0. The van der Waals surface area contributed by atoms with E-state index in [0.717, 1.165) is 17.8 Å². The van der Waals surface area contributed by atoms with Gasteiger partial charge in [-0.1, -0.05) is 23.5 Å². The minimum absolute atomic E-state index is 0.0550. The quantitative estimate of drug-likeness (QED) is 0.784. The van der Waals surface area contributed by atoms with Crippen LogP contribution >= 0.6 is 11.3 Å². The number of likely N-dealkylation sites (N-methyl/N-ethyl adjacent to an activating group) is 1. The van der Waals surface area contributed by atoms with E-state index in [-0.39, 0.29) is 10.6 Å². The van der Waals surface area contributed by atoms with Crippen LogP contribution in [0.5, 0.6) is 5.75 Å². The predicted molar refractivity (Wildman–Crippen MR) is 82.7 cm³/mol. The number of rotatable bonds is 7. The van der Waals surface area contributed by atoms with Crippen LogP contribution in [0.2, 0.25) is 0 Å². The molecule has 0 saturated heterocycles. The van der Waals surface area contributed by atoms with Crippen LogP contribution in [-0.4, -0.2) is 29.7 Å². The Morgan fingerprint density at radius 2 is 2.00 bits per heavy atom. The van der Waals surface area contributed by atoms with Crippen LogP contribution in [0.15, 0.2) is 34.4 Å². The molecule has 0 atom stereocenters. The van der Waals surface area contributed by atoms with E-state index in [9.17, 15) is 13.6 Å². The molecule has 2 aromatic rings. The van der Waals surface area contributed by atoms with Gasteiger partial charge in [0.05, 0.1) is 0 Å². The summed E-state index contributed by atoms with van der Waals surface area (Å²) >= 11 is 1.21. The largest absolute Gasteiger partial charge is 0.435 e. The van der Waals surface area contributed by atoms with Crippen LogP contribution in [0, 0.1) is 6.92 Å². The van der Waals surface area contributed by atoms with E-state index in [0.29, 0.717) is 13.1 Å². The first kappa shape index (κ1) is 16.6. The molecule has 22 heavy (non-hydrogen) atoms. The van der Waals surface area contributed by atoms with Gasteiger partial charge in [0.1, 0.15) is 5.75 Å². The molecule has 1 aromatic carbocycles. The second-order valence-electron chi connectivity index (χ2n) is 5.05. The molecule has 2 rings (SSSR count). The molecule has 0 amide bonds. The predicted octanol–water partition coefficient (Wildman–Crippen LogP) is 2.95. The van der Waals surface area contributed by atoms with Gasteiger partial charge in [-0.15, -0.1) is 0 Å². The number of nitrogens with zero attached hydrogens (tertiary/aromatic N) is 2. The molecule has 0 unspecified atom stereocenters. The summed E-state index contributed by atoms with van der Waals surface area (Å²) in [6.07, 6.45) is 0. The Labute approximate surface area is 131 Å². The Morgan fingerprint density at radius 3 is 2.55 bits per heavy atom. The van der Waals surface area contributed by atoms with Crippen LogP contribution < -0.4 is 9.61 Å². The van der Waals surface area contributed by atoms with Crippen molar-refractivity contribution >= 4 is 11.3 Å². The van der Waals surface area contributed by atoms with Crippen molar-refractivity contribution in [1.29, 1.82) is 0 Å². The molecule has 4 nitrogen and oxygen atoms in total. The van der Waals surface area contributed by atoms with Gasteiger partial charge in [0.2, 0.25) is 0 Å². The zero-order valence-electron chi connectivity index (χ0n) is 12.5. The summed E-state index contributed by atoms with van der Waals surface area (Å²) < 4.78 is 30.2. The van der Waals surface area contributed by atoms with E-state index in [4.69, 9.17) is 0 Å². The molecule has 0 aliphatic heterocycles. The zero-order valence-corrected chi connectivity index (χ0v) is 13.3. The molecule has 0 spiro atoms. The van der Waals surface area contributed by atoms with Crippen molar-refractivity contribution in [2.45, 2.75) is 26.6 Å². The SMILES string of the molecule is Cc1csc(=O)n1CCN(C)Cc1ccc(OC(F)F)cc1. The lowest BCUT2D eigenvalue weighted by atomic mass is 10.2. The van der Waals surface area contributed by atoms with Gasteiger partial charge in [-0.2, -0.15) is 8.78 Å². The van der Waals surface area contributed by atoms with Gasteiger partial charge in [-0.3, -0.25) is 4.79 Å². The summed E-state index contributed by atoms with van der Waals surface area (Å²) in [5, 5.41) is 1.85. The maximum Gasteiger partial charge on any atom is 0.387 e. The van der Waals surface area contributed by atoms with Crippen LogP contribution in [0.25, 0.3) is 0 Å². The summed E-state index contributed by atoms with van der Waals surface area (Å²) in [6.45, 7) is 1.15. The fourth-order valence-electron chi connectivity index (χ4n) is 2.11. The fourth-order valence-corrected chi connectivity index (χ4v) is 2.87. The Bertz CT molecular complexity index is 652. The molecule has 0 fully saturated rings. The maximum atomic E-state index is 12.1. The Morgan fingerprint density at radius 1 is 1.32 bits per heavy atom. The number of aryl methyl sites for hydroxylation is 1. The lowest BCUT2D eigenvalue weighted by Crippen LogP contribution is -2.26. The smallest absolute Gasteiger partial charge is 0.387 e. The Kier molecular flexibility index (Phi) is 5.68. The van der Waals surface area contributed by atoms with Crippen LogP contribution in [0.3, 0.4) is 0 Å². The van der Waals surface area contributed by atoms with Gasteiger partial charge < -0.3 is 14.2 Å².